The summed E-state index contributed by atoms with van der Waals surface area (Å²) in [6, 6.07) is 9.70. The number of rotatable bonds is 5. The average Bonchev–Trinajstić information content (AvgIpc) is 2.41. The molecule has 0 bridgehead atoms. The van der Waals surface area contributed by atoms with Crippen molar-refractivity contribution >= 4 is 0 Å². The van der Waals surface area contributed by atoms with Gasteiger partial charge in [-0.05, 0) is 51.4 Å². The van der Waals surface area contributed by atoms with Gasteiger partial charge in [0.2, 0.25) is 0 Å². The van der Waals surface area contributed by atoms with Crippen molar-refractivity contribution in [3.05, 3.63) is 35.4 Å². The van der Waals surface area contributed by atoms with Crippen LogP contribution in [0.2, 0.25) is 0 Å². The average molecular weight is 246 g/mol. The Balaban J connectivity index is 1.74. The lowest BCUT2D eigenvalue weighted by molar-refractivity contribution is 0.191. The van der Waals surface area contributed by atoms with Crippen molar-refractivity contribution in [3.8, 4) is 0 Å². The van der Waals surface area contributed by atoms with Crippen LogP contribution in [-0.4, -0.2) is 30.6 Å². The van der Waals surface area contributed by atoms with E-state index in [1.54, 1.807) is 0 Å². The van der Waals surface area contributed by atoms with Gasteiger partial charge in [0.05, 0.1) is 0 Å². The van der Waals surface area contributed by atoms with Crippen LogP contribution in [0.4, 0.5) is 0 Å². The normalized spacial score (nSPS) is 18.1. The van der Waals surface area contributed by atoms with E-state index in [-0.39, 0.29) is 0 Å². The van der Waals surface area contributed by atoms with E-state index >= 15 is 0 Å². The Morgan fingerprint density at radius 3 is 2.44 bits per heavy atom. The first-order valence-electron chi connectivity index (χ1n) is 7.29. The fourth-order valence-corrected chi connectivity index (χ4v) is 2.60. The van der Waals surface area contributed by atoms with Crippen LogP contribution in [0, 0.1) is 6.92 Å². The third-order valence-electron chi connectivity index (χ3n) is 3.80. The Labute approximate surface area is 111 Å². The summed E-state index contributed by atoms with van der Waals surface area (Å²) in [5.74, 6) is 0. The van der Waals surface area contributed by atoms with Gasteiger partial charge >= 0.3 is 0 Å². The summed E-state index contributed by atoms with van der Waals surface area (Å²) in [5, 5.41) is 3.64. The SMILES string of the molecule is CCCNC1CCN(Cc2ccc(C)cc2)CC1. The Bertz CT molecular complexity index is 337. The van der Waals surface area contributed by atoms with Gasteiger partial charge in [-0.15, -0.1) is 0 Å². The van der Waals surface area contributed by atoms with Crippen molar-refractivity contribution in [1.82, 2.24) is 10.2 Å². The van der Waals surface area contributed by atoms with Crippen LogP contribution in [-0.2, 0) is 6.54 Å². The third-order valence-corrected chi connectivity index (χ3v) is 3.80. The minimum atomic E-state index is 0.749. The minimum absolute atomic E-state index is 0.749. The Morgan fingerprint density at radius 2 is 1.83 bits per heavy atom. The molecule has 0 aromatic heterocycles. The smallest absolute Gasteiger partial charge is 0.0233 e. The second-order valence-electron chi connectivity index (χ2n) is 5.49. The van der Waals surface area contributed by atoms with E-state index in [2.05, 4.69) is 48.3 Å². The number of aryl methyl sites for hydroxylation is 1. The Morgan fingerprint density at radius 1 is 1.17 bits per heavy atom. The first-order chi connectivity index (χ1) is 8.78. The topological polar surface area (TPSA) is 15.3 Å². The van der Waals surface area contributed by atoms with Crippen molar-refractivity contribution < 1.29 is 0 Å². The van der Waals surface area contributed by atoms with Gasteiger partial charge < -0.3 is 5.32 Å². The molecule has 2 rings (SSSR count). The summed E-state index contributed by atoms with van der Waals surface area (Å²) in [4.78, 5) is 2.58. The third kappa shape index (κ3) is 4.11. The molecule has 2 nitrogen and oxygen atoms in total. The number of nitrogens with one attached hydrogen (secondary N) is 1. The predicted molar refractivity (Wildman–Crippen MR) is 77.8 cm³/mol. The molecule has 1 aromatic rings. The molecule has 0 unspecified atom stereocenters. The number of hydrogen-bond donors (Lipinski definition) is 1. The number of nitrogens with zero attached hydrogens (tertiary/aromatic N) is 1. The lowest BCUT2D eigenvalue weighted by Crippen LogP contribution is -2.42. The lowest BCUT2D eigenvalue weighted by atomic mass is 10.0. The molecule has 0 spiro atoms. The van der Waals surface area contributed by atoms with Gasteiger partial charge in [0.25, 0.3) is 0 Å². The van der Waals surface area contributed by atoms with E-state index in [0.29, 0.717) is 0 Å². The molecule has 0 aliphatic carbocycles. The largest absolute Gasteiger partial charge is 0.314 e. The molecule has 0 atom stereocenters. The fraction of sp³-hybridized carbons (Fsp3) is 0.625. The molecule has 1 N–H and O–H groups in total. The van der Waals surface area contributed by atoms with Gasteiger partial charge in [-0.1, -0.05) is 36.8 Å². The van der Waals surface area contributed by atoms with Crippen molar-refractivity contribution in [2.24, 2.45) is 0 Å². The summed E-state index contributed by atoms with van der Waals surface area (Å²) >= 11 is 0. The van der Waals surface area contributed by atoms with E-state index < -0.39 is 0 Å². The van der Waals surface area contributed by atoms with E-state index in [1.165, 1.54) is 50.0 Å². The van der Waals surface area contributed by atoms with Crippen molar-refractivity contribution in [3.63, 3.8) is 0 Å². The molecular weight excluding hydrogens is 220 g/mol. The molecule has 0 saturated carbocycles. The highest BCUT2D eigenvalue weighted by Gasteiger charge is 2.18. The van der Waals surface area contributed by atoms with Crippen molar-refractivity contribution in [2.45, 2.75) is 45.7 Å². The molecule has 100 valence electrons. The summed E-state index contributed by atoms with van der Waals surface area (Å²) in [7, 11) is 0. The number of benzene rings is 1. The summed E-state index contributed by atoms with van der Waals surface area (Å²) in [5.41, 5.74) is 2.79. The van der Waals surface area contributed by atoms with E-state index in [4.69, 9.17) is 0 Å². The molecule has 0 amide bonds. The van der Waals surface area contributed by atoms with Gasteiger partial charge in [-0.3, -0.25) is 4.90 Å². The number of hydrogen-bond acceptors (Lipinski definition) is 2. The van der Waals surface area contributed by atoms with E-state index in [0.717, 1.165) is 12.6 Å². The Hall–Kier alpha value is -0.860. The zero-order chi connectivity index (χ0) is 12.8. The quantitative estimate of drug-likeness (QED) is 0.859. The van der Waals surface area contributed by atoms with Gasteiger partial charge in [0.15, 0.2) is 0 Å². The maximum absolute atomic E-state index is 3.64. The first kappa shape index (κ1) is 13.6. The van der Waals surface area contributed by atoms with Crippen LogP contribution in [0.15, 0.2) is 24.3 Å². The molecule has 1 aliphatic heterocycles. The maximum Gasteiger partial charge on any atom is 0.0233 e. The number of likely N-dealkylation sites (tertiary alicyclic amines) is 1. The first-order valence-corrected chi connectivity index (χ1v) is 7.29. The lowest BCUT2D eigenvalue weighted by Gasteiger charge is -2.32. The number of piperidine rings is 1. The predicted octanol–water partition coefficient (Wildman–Crippen LogP) is 2.96. The van der Waals surface area contributed by atoms with Crippen molar-refractivity contribution in [1.29, 1.82) is 0 Å². The Kier molecular flexibility index (Phi) is 5.21. The van der Waals surface area contributed by atoms with Crippen LogP contribution in [0.1, 0.15) is 37.3 Å². The van der Waals surface area contributed by atoms with Crippen LogP contribution in [0.25, 0.3) is 0 Å². The molecule has 1 heterocycles. The van der Waals surface area contributed by atoms with Crippen LogP contribution < -0.4 is 5.32 Å². The zero-order valence-corrected chi connectivity index (χ0v) is 11.8. The molecular formula is C16H26N2. The zero-order valence-electron chi connectivity index (χ0n) is 11.8. The van der Waals surface area contributed by atoms with Gasteiger partial charge in [-0.2, -0.15) is 0 Å². The summed E-state index contributed by atoms with van der Waals surface area (Å²) in [6.07, 6.45) is 3.83. The van der Waals surface area contributed by atoms with Crippen molar-refractivity contribution in [2.75, 3.05) is 19.6 Å². The second-order valence-corrected chi connectivity index (χ2v) is 5.49. The van der Waals surface area contributed by atoms with Gasteiger partial charge in [0.1, 0.15) is 0 Å². The minimum Gasteiger partial charge on any atom is -0.314 e. The fourth-order valence-electron chi connectivity index (χ4n) is 2.60. The highest BCUT2D eigenvalue weighted by Crippen LogP contribution is 2.14. The van der Waals surface area contributed by atoms with Gasteiger partial charge in [-0.25, -0.2) is 0 Å². The van der Waals surface area contributed by atoms with Crippen LogP contribution in [0.3, 0.4) is 0 Å². The highest BCUT2D eigenvalue weighted by atomic mass is 15.1. The van der Waals surface area contributed by atoms with Crippen LogP contribution >= 0.6 is 0 Å². The summed E-state index contributed by atoms with van der Waals surface area (Å²) < 4.78 is 0. The van der Waals surface area contributed by atoms with Crippen LogP contribution in [0.5, 0.6) is 0 Å². The second kappa shape index (κ2) is 6.91. The molecule has 0 radical (unpaired) electrons. The highest BCUT2D eigenvalue weighted by molar-refractivity contribution is 5.21. The molecule has 1 aliphatic rings. The van der Waals surface area contributed by atoms with E-state index in [9.17, 15) is 0 Å². The monoisotopic (exact) mass is 246 g/mol. The molecule has 2 heteroatoms. The summed E-state index contributed by atoms with van der Waals surface area (Å²) in [6.45, 7) is 9.13. The molecule has 18 heavy (non-hydrogen) atoms. The molecule has 1 aromatic carbocycles. The standard InChI is InChI=1S/C16H26N2/c1-3-10-17-16-8-11-18(12-9-16)13-15-6-4-14(2)5-7-15/h4-7,16-17H,3,8-13H2,1-2H3. The molecule has 1 fully saturated rings. The van der Waals surface area contributed by atoms with Gasteiger partial charge in [0, 0.05) is 12.6 Å². The van der Waals surface area contributed by atoms with E-state index in [1.807, 2.05) is 0 Å². The molecule has 1 saturated heterocycles. The maximum atomic E-state index is 3.64.